The van der Waals surface area contributed by atoms with E-state index in [9.17, 15) is 9.59 Å². The number of aryl methyl sites for hydroxylation is 3. The van der Waals surface area contributed by atoms with Gasteiger partial charge < -0.3 is 19.9 Å². The van der Waals surface area contributed by atoms with Crippen molar-refractivity contribution < 1.29 is 14.3 Å². The second-order valence-electron chi connectivity index (χ2n) is 8.89. The molecule has 3 aromatic rings. The zero-order valence-corrected chi connectivity index (χ0v) is 20.7. The molecule has 1 N–H and O–H groups in total. The molecule has 0 spiro atoms. The Balaban J connectivity index is 1.28. The van der Waals surface area contributed by atoms with Crippen LogP contribution < -0.4 is 15.0 Å². The smallest absolute Gasteiger partial charge is 0.260 e. The number of amides is 2. The number of ether oxygens (including phenoxy) is 1. The standard InChI is InChI=1S/C27H31N5O3/c1-18-15-20(3)24(16-19(18)2)25-9-10-26(30-29-25)31-11-13-32(14-12-31)27(34)17-35-23-7-5-22(6-8-23)28-21(4)33/h5-10,15-16H,11-14,17H2,1-4H3,(H,28,33). The summed E-state index contributed by atoms with van der Waals surface area (Å²) in [6.45, 7) is 10.3. The number of anilines is 2. The van der Waals surface area contributed by atoms with Crippen LogP contribution in [0.3, 0.4) is 0 Å². The van der Waals surface area contributed by atoms with E-state index in [-0.39, 0.29) is 18.4 Å². The van der Waals surface area contributed by atoms with E-state index in [4.69, 9.17) is 4.74 Å². The molecule has 0 aliphatic carbocycles. The summed E-state index contributed by atoms with van der Waals surface area (Å²) in [7, 11) is 0. The maximum atomic E-state index is 12.6. The molecular formula is C27H31N5O3. The van der Waals surface area contributed by atoms with Gasteiger partial charge in [-0.05, 0) is 79.9 Å². The molecule has 0 saturated carbocycles. The zero-order chi connectivity index (χ0) is 24.9. The number of aromatic nitrogens is 2. The number of benzene rings is 2. The molecule has 1 saturated heterocycles. The van der Waals surface area contributed by atoms with Crippen molar-refractivity contribution in [2.75, 3.05) is 43.0 Å². The molecule has 1 aliphatic heterocycles. The number of carbonyl (C=O) groups is 2. The summed E-state index contributed by atoms with van der Waals surface area (Å²) in [5.74, 6) is 1.21. The Morgan fingerprint density at radius 1 is 0.886 bits per heavy atom. The van der Waals surface area contributed by atoms with E-state index >= 15 is 0 Å². The van der Waals surface area contributed by atoms with Gasteiger partial charge in [0.25, 0.3) is 5.91 Å². The highest BCUT2D eigenvalue weighted by atomic mass is 16.5. The summed E-state index contributed by atoms with van der Waals surface area (Å²) in [6, 6.07) is 15.3. The van der Waals surface area contributed by atoms with Crippen molar-refractivity contribution >= 4 is 23.3 Å². The fourth-order valence-electron chi connectivity index (χ4n) is 4.13. The maximum absolute atomic E-state index is 12.6. The molecule has 2 amide bonds. The summed E-state index contributed by atoms with van der Waals surface area (Å²) < 4.78 is 5.63. The number of nitrogens with zero attached hydrogens (tertiary/aromatic N) is 4. The van der Waals surface area contributed by atoms with Gasteiger partial charge in [-0.1, -0.05) is 6.07 Å². The molecule has 2 heterocycles. The molecule has 0 radical (unpaired) electrons. The average molecular weight is 474 g/mol. The SMILES string of the molecule is CC(=O)Nc1ccc(OCC(=O)N2CCN(c3ccc(-c4cc(C)c(C)cc4C)nn3)CC2)cc1. The van der Waals surface area contributed by atoms with Gasteiger partial charge in [0.2, 0.25) is 5.91 Å². The van der Waals surface area contributed by atoms with Crippen molar-refractivity contribution in [3.05, 3.63) is 65.2 Å². The van der Waals surface area contributed by atoms with Gasteiger partial charge in [0.15, 0.2) is 12.4 Å². The maximum Gasteiger partial charge on any atom is 0.260 e. The van der Waals surface area contributed by atoms with E-state index in [0.29, 0.717) is 37.6 Å². The van der Waals surface area contributed by atoms with Crippen molar-refractivity contribution in [2.24, 2.45) is 0 Å². The minimum atomic E-state index is -0.133. The van der Waals surface area contributed by atoms with Crippen molar-refractivity contribution in [3.63, 3.8) is 0 Å². The highest BCUT2D eigenvalue weighted by molar-refractivity contribution is 5.88. The Morgan fingerprint density at radius 2 is 1.57 bits per heavy atom. The Labute approximate surface area is 205 Å². The lowest BCUT2D eigenvalue weighted by molar-refractivity contribution is -0.133. The minimum Gasteiger partial charge on any atom is -0.484 e. The lowest BCUT2D eigenvalue weighted by Crippen LogP contribution is -2.50. The average Bonchev–Trinajstić information content (AvgIpc) is 2.85. The third-order valence-corrected chi connectivity index (χ3v) is 6.26. The summed E-state index contributed by atoms with van der Waals surface area (Å²) in [5, 5.41) is 11.6. The van der Waals surface area contributed by atoms with Gasteiger partial charge in [0.1, 0.15) is 5.75 Å². The summed E-state index contributed by atoms with van der Waals surface area (Å²) in [4.78, 5) is 27.7. The van der Waals surface area contributed by atoms with Crippen LogP contribution in [0.4, 0.5) is 11.5 Å². The van der Waals surface area contributed by atoms with Crippen LogP contribution in [0.5, 0.6) is 5.75 Å². The molecule has 8 nitrogen and oxygen atoms in total. The predicted octanol–water partition coefficient (Wildman–Crippen LogP) is 3.75. The first-order chi connectivity index (χ1) is 16.8. The first kappa shape index (κ1) is 24.2. The number of hydrogen-bond acceptors (Lipinski definition) is 6. The van der Waals surface area contributed by atoms with Gasteiger partial charge in [0.05, 0.1) is 5.69 Å². The lowest BCUT2D eigenvalue weighted by atomic mass is 9.99. The Bertz CT molecular complexity index is 1200. The van der Waals surface area contributed by atoms with Crippen LogP contribution in [0.15, 0.2) is 48.5 Å². The number of rotatable bonds is 6. The molecular weight excluding hydrogens is 442 g/mol. The number of nitrogens with one attached hydrogen (secondary N) is 1. The van der Waals surface area contributed by atoms with E-state index in [1.165, 1.54) is 23.6 Å². The van der Waals surface area contributed by atoms with Crippen LogP contribution in [0.25, 0.3) is 11.3 Å². The van der Waals surface area contributed by atoms with E-state index in [0.717, 1.165) is 17.1 Å². The topological polar surface area (TPSA) is 87.7 Å². The minimum absolute atomic E-state index is 0.0245. The fraction of sp³-hybridized carbons (Fsp3) is 0.333. The molecule has 0 unspecified atom stereocenters. The van der Waals surface area contributed by atoms with Gasteiger partial charge in [-0.25, -0.2) is 0 Å². The first-order valence-electron chi connectivity index (χ1n) is 11.8. The highest BCUT2D eigenvalue weighted by Gasteiger charge is 2.22. The van der Waals surface area contributed by atoms with Gasteiger partial charge in [0, 0.05) is 44.4 Å². The van der Waals surface area contributed by atoms with Crippen molar-refractivity contribution in [2.45, 2.75) is 27.7 Å². The molecule has 1 fully saturated rings. The van der Waals surface area contributed by atoms with Crippen LogP contribution in [0.1, 0.15) is 23.6 Å². The largest absolute Gasteiger partial charge is 0.484 e. The van der Waals surface area contributed by atoms with E-state index in [1.807, 2.05) is 17.0 Å². The molecule has 35 heavy (non-hydrogen) atoms. The monoisotopic (exact) mass is 473 g/mol. The zero-order valence-electron chi connectivity index (χ0n) is 20.7. The predicted molar refractivity (Wildman–Crippen MR) is 137 cm³/mol. The molecule has 8 heteroatoms. The normalized spacial score (nSPS) is 13.5. The van der Waals surface area contributed by atoms with Crippen LogP contribution in [0, 0.1) is 20.8 Å². The van der Waals surface area contributed by atoms with Gasteiger partial charge in [-0.15, -0.1) is 10.2 Å². The van der Waals surface area contributed by atoms with Crippen LogP contribution in [0.2, 0.25) is 0 Å². The fourth-order valence-corrected chi connectivity index (χ4v) is 4.13. The number of hydrogen-bond donors (Lipinski definition) is 1. The Hall–Kier alpha value is -3.94. The molecule has 4 rings (SSSR count). The van der Waals surface area contributed by atoms with Crippen LogP contribution in [-0.2, 0) is 9.59 Å². The second-order valence-corrected chi connectivity index (χ2v) is 8.89. The van der Waals surface area contributed by atoms with Gasteiger partial charge in [-0.3, -0.25) is 9.59 Å². The van der Waals surface area contributed by atoms with Crippen molar-refractivity contribution in [1.82, 2.24) is 15.1 Å². The molecule has 182 valence electrons. The summed E-state index contributed by atoms with van der Waals surface area (Å²) in [6.07, 6.45) is 0. The van der Waals surface area contributed by atoms with Crippen molar-refractivity contribution in [1.29, 1.82) is 0 Å². The molecule has 1 aliphatic rings. The first-order valence-corrected chi connectivity index (χ1v) is 11.8. The van der Waals surface area contributed by atoms with E-state index in [2.05, 4.69) is 53.3 Å². The summed E-state index contributed by atoms with van der Waals surface area (Å²) >= 11 is 0. The Kier molecular flexibility index (Phi) is 7.29. The molecule has 0 bridgehead atoms. The van der Waals surface area contributed by atoms with Gasteiger partial charge >= 0.3 is 0 Å². The van der Waals surface area contributed by atoms with E-state index < -0.39 is 0 Å². The van der Waals surface area contributed by atoms with Crippen molar-refractivity contribution in [3.8, 4) is 17.0 Å². The van der Waals surface area contributed by atoms with Crippen LogP contribution >= 0.6 is 0 Å². The third-order valence-electron chi connectivity index (χ3n) is 6.26. The molecule has 1 aromatic heterocycles. The second kappa shape index (κ2) is 10.5. The third kappa shape index (κ3) is 5.95. The number of carbonyl (C=O) groups excluding carboxylic acids is 2. The highest BCUT2D eigenvalue weighted by Crippen LogP contribution is 2.25. The molecule has 0 atom stereocenters. The quantitative estimate of drug-likeness (QED) is 0.587. The van der Waals surface area contributed by atoms with E-state index in [1.54, 1.807) is 24.3 Å². The molecule has 2 aromatic carbocycles. The Morgan fingerprint density at radius 3 is 2.20 bits per heavy atom. The lowest BCUT2D eigenvalue weighted by Gasteiger charge is -2.35. The number of piperazine rings is 1. The van der Waals surface area contributed by atoms with Crippen LogP contribution in [-0.4, -0.2) is 59.7 Å². The van der Waals surface area contributed by atoms with Gasteiger partial charge in [-0.2, -0.15) is 0 Å². The summed E-state index contributed by atoms with van der Waals surface area (Å²) in [5.41, 5.74) is 6.36.